The summed E-state index contributed by atoms with van der Waals surface area (Å²) in [6.07, 6.45) is 3.94. The van der Waals surface area contributed by atoms with Crippen molar-refractivity contribution in [1.82, 2.24) is 5.32 Å². The fourth-order valence-electron chi connectivity index (χ4n) is 2.30. The van der Waals surface area contributed by atoms with Gasteiger partial charge < -0.3 is 10.1 Å². The molecule has 0 aromatic carbocycles. The molecule has 0 saturated heterocycles. The Labute approximate surface area is 95.8 Å². The summed E-state index contributed by atoms with van der Waals surface area (Å²) < 4.78 is 5.27. The maximum absolute atomic E-state index is 5.27. The van der Waals surface area contributed by atoms with E-state index in [1.165, 1.54) is 19.3 Å². The Kier molecular flexibility index (Phi) is 9.12. The summed E-state index contributed by atoms with van der Waals surface area (Å²) in [5.41, 5.74) is 0. The van der Waals surface area contributed by atoms with Crippen molar-refractivity contribution in [3.05, 3.63) is 0 Å². The molecule has 0 heterocycles. The van der Waals surface area contributed by atoms with Gasteiger partial charge in [-0.3, -0.25) is 0 Å². The number of ether oxygens (including phenoxy) is 1. The fraction of sp³-hybridized carbons (Fsp3) is 1.00. The van der Waals surface area contributed by atoms with Gasteiger partial charge >= 0.3 is 0 Å². The van der Waals surface area contributed by atoms with Gasteiger partial charge in [-0.05, 0) is 44.2 Å². The predicted molar refractivity (Wildman–Crippen MR) is 67.1 cm³/mol. The molecular formula is C13H29NO. The van der Waals surface area contributed by atoms with Crippen molar-refractivity contribution in [1.29, 1.82) is 0 Å². The third-order valence-corrected chi connectivity index (χ3v) is 2.94. The molecule has 0 radical (unpaired) electrons. The Hall–Kier alpha value is -0.0800. The van der Waals surface area contributed by atoms with E-state index in [0.717, 1.165) is 25.0 Å². The zero-order valence-electron chi connectivity index (χ0n) is 11.2. The molecule has 2 heteroatoms. The van der Waals surface area contributed by atoms with Crippen LogP contribution in [0.1, 0.15) is 40.0 Å². The Morgan fingerprint density at radius 3 is 2.20 bits per heavy atom. The highest BCUT2D eigenvalue weighted by Gasteiger charge is 2.15. The van der Waals surface area contributed by atoms with E-state index < -0.39 is 0 Å². The molecule has 0 aliphatic rings. The minimum atomic E-state index is 0.670. The van der Waals surface area contributed by atoms with Crippen molar-refractivity contribution >= 4 is 0 Å². The number of hydrogen-bond acceptors (Lipinski definition) is 2. The molecule has 15 heavy (non-hydrogen) atoms. The van der Waals surface area contributed by atoms with Gasteiger partial charge in [0.2, 0.25) is 0 Å². The third-order valence-electron chi connectivity index (χ3n) is 2.94. The highest BCUT2D eigenvalue weighted by atomic mass is 16.5. The molecule has 0 aliphatic carbocycles. The van der Waals surface area contributed by atoms with E-state index in [4.69, 9.17) is 4.74 Å². The molecule has 0 aliphatic heterocycles. The Morgan fingerprint density at radius 1 is 1.13 bits per heavy atom. The lowest BCUT2D eigenvalue weighted by Crippen LogP contribution is -2.25. The lowest BCUT2D eigenvalue weighted by Gasteiger charge is -2.23. The molecule has 2 atom stereocenters. The topological polar surface area (TPSA) is 21.3 Å². The summed E-state index contributed by atoms with van der Waals surface area (Å²) in [6, 6.07) is 0. The average Bonchev–Trinajstić information content (AvgIpc) is 2.16. The van der Waals surface area contributed by atoms with Gasteiger partial charge in [0.15, 0.2) is 0 Å². The van der Waals surface area contributed by atoms with Gasteiger partial charge in [0.25, 0.3) is 0 Å². The minimum absolute atomic E-state index is 0.670. The van der Waals surface area contributed by atoms with Crippen molar-refractivity contribution in [2.75, 3.05) is 27.3 Å². The van der Waals surface area contributed by atoms with Crippen molar-refractivity contribution < 1.29 is 4.74 Å². The van der Waals surface area contributed by atoms with E-state index in [1.807, 2.05) is 7.05 Å². The summed E-state index contributed by atoms with van der Waals surface area (Å²) in [4.78, 5) is 0. The van der Waals surface area contributed by atoms with Crippen LogP contribution in [-0.4, -0.2) is 27.3 Å². The molecular weight excluding hydrogens is 186 g/mol. The van der Waals surface area contributed by atoms with Crippen LogP contribution in [0.2, 0.25) is 0 Å². The van der Waals surface area contributed by atoms with E-state index in [9.17, 15) is 0 Å². The molecule has 0 fully saturated rings. The lowest BCUT2D eigenvalue weighted by molar-refractivity contribution is 0.133. The number of hydrogen-bond donors (Lipinski definition) is 1. The monoisotopic (exact) mass is 215 g/mol. The molecule has 0 aromatic heterocycles. The molecule has 0 rings (SSSR count). The first-order valence-corrected chi connectivity index (χ1v) is 6.27. The van der Waals surface area contributed by atoms with Crippen LogP contribution < -0.4 is 5.32 Å². The molecule has 2 nitrogen and oxygen atoms in total. The molecule has 0 aromatic rings. The number of methoxy groups -OCH3 is 1. The summed E-state index contributed by atoms with van der Waals surface area (Å²) in [6.45, 7) is 8.88. The number of rotatable bonds is 9. The second kappa shape index (κ2) is 9.17. The van der Waals surface area contributed by atoms with Gasteiger partial charge in [-0.15, -0.1) is 0 Å². The van der Waals surface area contributed by atoms with Crippen LogP contribution in [0.4, 0.5) is 0 Å². The fourth-order valence-corrected chi connectivity index (χ4v) is 2.30. The molecule has 1 N–H and O–H groups in total. The second-order valence-electron chi connectivity index (χ2n) is 5.02. The van der Waals surface area contributed by atoms with Crippen LogP contribution in [0.3, 0.4) is 0 Å². The van der Waals surface area contributed by atoms with Crippen molar-refractivity contribution in [2.24, 2.45) is 17.8 Å². The van der Waals surface area contributed by atoms with Gasteiger partial charge in [0.1, 0.15) is 0 Å². The molecule has 0 bridgehead atoms. The van der Waals surface area contributed by atoms with Crippen LogP contribution in [0, 0.1) is 17.8 Å². The minimum Gasteiger partial charge on any atom is -0.384 e. The van der Waals surface area contributed by atoms with Gasteiger partial charge in [-0.25, -0.2) is 0 Å². The zero-order valence-corrected chi connectivity index (χ0v) is 11.2. The highest BCUT2D eigenvalue weighted by molar-refractivity contribution is 4.68. The normalized spacial score (nSPS) is 15.6. The predicted octanol–water partition coefficient (Wildman–Crippen LogP) is 2.93. The van der Waals surface area contributed by atoms with E-state index in [-0.39, 0.29) is 0 Å². The standard InChI is InChI=1S/C13H29NO/c1-6-12(7-11(2)3)8-13(9-14-4)10-15-5/h11-14H,6-10H2,1-5H3. The Balaban J connectivity index is 3.96. The van der Waals surface area contributed by atoms with E-state index in [2.05, 4.69) is 26.1 Å². The van der Waals surface area contributed by atoms with Crippen molar-refractivity contribution in [3.8, 4) is 0 Å². The van der Waals surface area contributed by atoms with Crippen molar-refractivity contribution in [3.63, 3.8) is 0 Å². The van der Waals surface area contributed by atoms with E-state index in [0.29, 0.717) is 5.92 Å². The molecule has 2 unspecified atom stereocenters. The van der Waals surface area contributed by atoms with E-state index in [1.54, 1.807) is 7.11 Å². The van der Waals surface area contributed by atoms with Crippen LogP contribution >= 0.6 is 0 Å². The first-order chi connectivity index (χ1) is 7.13. The lowest BCUT2D eigenvalue weighted by atomic mass is 9.86. The quantitative estimate of drug-likeness (QED) is 0.638. The smallest absolute Gasteiger partial charge is 0.0502 e. The average molecular weight is 215 g/mol. The summed E-state index contributed by atoms with van der Waals surface area (Å²) in [7, 11) is 3.82. The molecule has 0 spiro atoms. The van der Waals surface area contributed by atoms with E-state index >= 15 is 0 Å². The largest absolute Gasteiger partial charge is 0.384 e. The molecule has 0 saturated carbocycles. The second-order valence-corrected chi connectivity index (χ2v) is 5.02. The highest BCUT2D eigenvalue weighted by Crippen LogP contribution is 2.23. The molecule has 0 amide bonds. The Morgan fingerprint density at radius 2 is 1.80 bits per heavy atom. The van der Waals surface area contributed by atoms with Crippen LogP contribution in [0.15, 0.2) is 0 Å². The van der Waals surface area contributed by atoms with Gasteiger partial charge in [-0.1, -0.05) is 27.2 Å². The third kappa shape index (κ3) is 7.80. The zero-order chi connectivity index (χ0) is 11.7. The van der Waals surface area contributed by atoms with Crippen molar-refractivity contribution in [2.45, 2.75) is 40.0 Å². The maximum atomic E-state index is 5.27. The maximum Gasteiger partial charge on any atom is 0.0502 e. The summed E-state index contributed by atoms with van der Waals surface area (Å²) in [5.74, 6) is 2.34. The Bertz CT molecular complexity index is 130. The first-order valence-electron chi connectivity index (χ1n) is 6.27. The SMILES string of the molecule is CCC(CC(C)C)CC(CNC)COC. The number of nitrogens with one attached hydrogen (secondary N) is 1. The summed E-state index contributed by atoms with van der Waals surface area (Å²) in [5, 5.41) is 3.26. The molecule has 92 valence electrons. The van der Waals surface area contributed by atoms with Gasteiger partial charge in [-0.2, -0.15) is 0 Å². The summed E-state index contributed by atoms with van der Waals surface area (Å²) >= 11 is 0. The van der Waals surface area contributed by atoms with Crippen LogP contribution in [0.5, 0.6) is 0 Å². The first kappa shape index (κ1) is 14.9. The van der Waals surface area contributed by atoms with Crippen LogP contribution in [-0.2, 0) is 4.74 Å². The van der Waals surface area contributed by atoms with Gasteiger partial charge in [0, 0.05) is 7.11 Å². The van der Waals surface area contributed by atoms with Crippen LogP contribution in [0.25, 0.3) is 0 Å². The van der Waals surface area contributed by atoms with Gasteiger partial charge in [0.05, 0.1) is 6.61 Å².